The lowest BCUT2D eigenvalue weighted by Crippen LogP contribution is -2.32. The Hall–Kier alpha value is -2.41. The van der Waals surface area contributed by atoms with Gasteiger partial charge in [-0.3, -0.25) is 0 Å². The summed E-state index contributed by atoms with van der Waals surface area (Å²) in [4.78, 5) is 16.2. The van der Waals surface area contributed by atoms with Crippen molar-refractivity contribution in [1.29, 1.82) is 0 Å². The van der Waals surface area contributed by atoms with Crippen LogP contribution in [0.5, 0.6) is 0 Å². The summed E-state index contributed by atoms with van der Waals surface area (Å²) >= 11 is 0. The minimum absolute atomic E-state index is 0.181. The fourth-order valence-corrected chi connectivity index (χ4v) is 2.29. The number of aryl methyl sites for hydroxylation is 2. The fourth-order valence-electron chi connectivity index (χ4n) is 2.29. The number of aromatic nitrogens is 3. The molecule has 7 nitrogen and oxygen atoms in total. The third-order valence-electron chi connectivity index (χ3n) is 3.73. The summed E-state index contributed by atoms with van der Waals surface area (Å²) in [5.74, 6) is 0.882. The van der Waals surface area contributed by atoms with Crippen molar-refractivity contribution in [1.82, 2.24) is 20.1 Å². The van der Waals surface area contributed by atoms with Crippen molar-refractivity contribution < 1.29 is 9.90 Å². The predicted molar refractivity (Wildman–Crippen MR) is 93.3 cm³/mol. The summed E-state index contributed by atoms with van der Waals surface area (Å²) in [5, 5.41) is 19.5. The van der Waals surface area contributed by atoms with Crippen LogP contribution in [0.3, 0.4) is 0 Å². The van der Waals surface area contributed by atoms with Crippen LogP contribution in [0.25, 0.3) is 5.82 Å². The molecule has 1 unspecified atom stereocenters. The second-order valence-corrected chi connectivity index (χ2v) is 6.22. The van der Waals surface area contributed by atoms with E-state index in [1.54, 1.807) is 23.0 Å². The minimum Gasteiger partial charge on any atom is -0.393 e. The van der Waals surface area contributed by atoms with Crippen molar-refractivity contribution in [3.05, 3.63) is 35.8 Å². The molecule has 0 aromatic carbocycles. The highest BCUT2D eigenvalue weighted by Gasteiger charge is 2.10. The van der Waals surface area contributed by atoms with E-state index in [-0.39, 0.29) is 11.9 Å². The molecule has 0 saturated heterocycles. The van der Waals surface area contributed by atoms with Crippen molar-refractivity contribution in [2.75, 3.05) is 11.9 Å². The maximum absolute atomic E-state index is 11.8. The predicted octanol–water partition coefficient (Wildman–Crippen LogP) is 2.41. The summed E-state index contributed by atoms with van der Waals surface area (Å²) in [5.41, 5.74) is 2.53. The zero-order valence-electron chi connectivity index (χ0n) is 14.6. The lowest BCUT2D eigenvalue weighted by Gasteiger charge is -2.14. The molecule has 0 aliphatic heterocycles. The number of nitrogens with zero attached hydrogens (tertiary/aromatic N) is 3. The normalized spacial score (nSPS) is 12.2. The number of carbonyl (C=O) groups excluding carboxylic acids is 1. The lowest BCUT2D eigenvalue weighted by molar-refractivity contribution is 0.117. The van der Waals surface area contributed by atoms with Gasteiger partial charge in [0.15, 0.2) is 5.82 Å². The van der Waals surface area contributed by atoms with Gasteiger partial charge in [-0.15, -0.1) is 0 Å². The van der Waals surface area contributed by atoms with Crippen molar-refractivity contribution in [2.24, 2.45) is 5.92 Å². The van der Waals surface area contributed by atoms with Gasteiger partial charge < -0.3 is 15.7 Å². The van der Waals surface area contributed by atoms with E-state index in [0.717, 1.165) is 11.4 Å². The monoisotopic (exact) mass is 331 g/mol. The van der Waals surface area contributed by atoms with Crippen LogP contribution in [0.15, 0.2) is 24.4 Å². The van der Waals surface area contributed by atoms with Crippen molar-refractivity contribution >= 4 is 11.7 Å². The molecule has 0 saturated carbocycles. The van der Waals surface area contributed by atoms with Gasteiger partial charge in [0, 0.05) is 12.2 Å². The molecule has 0 aliphatic carbocycles. The van der Waals surface area contributed by atoms with E-state index in [0.29, 0.717) is 24.5 Å². The quantitative estimate of drug-likeness (QED) is 0.758. The molecule has 2 rings (SSSR count). The third kappa shape index (κ3) is 4.79. The zero-order valence-corrected chi connectivity index (χ0v) is 14.6. The summed E-state index contributed by atoms with van der Waals surface area (Å²) in [7, 11) is 0. The summed E-state index contributed by atoms with van der Waals surface area (Å²) in [6, 6.07) is 5.25. The molecule has 7 heteroatoms. The molecule has 2 heterocycles. The lowest BCUT2D eigenvalue weighted by atomic mass is 10.0. The molecule has 2 aromatic rings. The van der Waals surface area contributed by atoms with E-state index in [2.05, 4.69) is 20.7 Å². The Balaban J connectivity index is 1.87. The van der Waals surface area contributed by atoms with Crippen LogP contribution >= 0.6 is 0 Å². The maximum Gasteiger partial charge on any atom is 0.319 e. The Bertz CT molecular complexity index is 679. The van der Waals surface area contributed by atoms with Crippen molar-refractivity contribution in [2.45, 2.75) is 40.2 Å². The maximum atomic E-state index is 11.8. The average Bonchev–Trinajstić information content (AvgIpc) is 2.86. The third-order valence-corrected chi connectivity index (χ3v) is 3.73. The van der Waals surface area contributed by atoms with Gasteiger partial charge in [-0.1, -0.05) is 13.8 Å². The van der Waals surface area contributed by atoms with E-state index >= 15 is 0 Å². The van der Waals surface area contributed by atoms with E-state index in [9.17, 15) is 9.90 Å². The van der Waals surface area contributed by atoms with Gasteiger partial charge in [-0.25, -0.2) is 14.5 Å². The van der Waals surface area contributed by atoms with E-state index in [1.165, 1.54) is 0 Å². The molecule has 0 spiro atoms. The molecule has 0 bridgehead atoms. The molecule has 2 aromatic heterocycles. The summed E-state index contributed by atoms with van der Waals surface area (Å²) in [6.07, 6.45) is 1.71. The Morgan fingerprint density at radius 1 is 1.33 bits per heavy atom. The van der Waals surface area contributed by atoms with Crippen LogP contribution in [0.2, 0.25) is 0 Å². The van der Waals surface area contributed by atoms with Crippen LogP contribution in [0.4, 0.5) is 10.5 Å². The molecule has 0 fully saturated rings. The van der Waals surface area contributed by atoms with Gasteiger partial charge in [0.25, 0.3) is 0 Å². The van der Waals surface area contributed by atoms with Gasteiger partial charge in [-0.2, -0.15) is 5.10 Å². The van der Waals surface area contributed by atoms with Crippen molar-refractivity contribution in [3.8, 4) is 5.82 Å². The first kappa shape index (κ1) is 17.9. The largest absolute Gasteiger partial charge is 0.393 e. The van der Waals surface area contributed by atoms with E-state index in [1.807, 2.05) is 33.8 Å². The Morgan fingerprint density at radius 2 is 2.08 bits per heavy atom. The Morgan fingerprint density at radius 3 is 2.62 bits per heavy atom. The first-order valence-corrected chi connectivity index (χ1v) is 8.09. The number of carbonyl (C=O) groups is 1. The molecule has 1 atom stereocenters. The Labute approximate surface area is 142 Å². The number of anilines is 1. The van der Waals surface area contributed by atoms with Gasteiger partial charge in [0.05, 0.1) is 23.7 Å². The highest BCUT2D eigenvalue weighted by atomic mass is 16.3. The molecular formula is C17H25N5O2. The van der Waals surface area contributed by atoms with E-state index in [4.69, 9.17) is 0 Å². The second-order valence-electron chi connectivity index (χ2n) is 6.22. The number of hydrogen-bond acceptors (Lipinski definition) is 4. The summed E-state index contributed by atoms with van der Waals surface area (Å²) in [6.45, 7) is 8.21. The standard InChI is InChI=1S/C17H25N5O2/c1-11(2)15(23)7-8-18-17(24)20-14-5-6-16(19-10-14)22-13(4)9-12(3)21-22/h5-6,9-11,15,23H,7-8H2,1-4H3,(H2,18,20,24). The number of hydrogen-bond donors (Lipinski definition) is 3. The molecule has 24 heavy (non-hydrogen) atoms. The summed E-state index contributed by atoms with van der Waals surface area (Å²) < 4.78 is 1.76. The highest BCUT2D eigenvalue weighted by molar-refractivity contribution is 5.89. The van der Waals surface area contributed by atoms with Crippen LogP contribution in [0.1, 0.15) is 31.7 Å². The topological polar surface area (TPSA) is 92.1 Å². The molecule has 0 radical (unpaired) electrons. The van der Waals surface area contributed by atoms with Gasteiger partial charge in [0.1, 0.15) is 0 Å². The number of urea groups is 1. The first-order chi connectivity index (χ1) is 11.4. The minimum atomic E-state index is -0.410. The number of amides is 2. The van der Waals surface area contributed by atoms with E-state index < -0.39 is 6.10 Å². The second kappa shape index (κ2) is 7.92. The molecule has 3 N–H and O–H groups in total. The highest BCUT2D eigenvalue weighted by Crippen LogP contribution is 2.12. The number of rotatable bonds is 6. The van der Waals surface area contributed by atoms with Gasteiger partial charge >= 0.3 is 6.03 Å². The molecular weight excluding hydrogens is 306 g/mol. The molecule has 0 aliphatic rings. The van der Waals surface area contributed by atoms with Crippen LogP contribution < -0.4 is 10.6 Å². The fraction of sp³-hybridized carbons (Fsp3) is 0.471. The van der Waals surface area contributed by atoms with Gasteiger partial charge in [0.2, 0.25) is 0 Å². The Kier molecular flexibility index (Phi) is 5.92. The van der Waals surface area contributed by atoms with Crippen molar-refractivity contribution in [3.63, 3.8) is 0 Å². The molecule has 130 valence electrons. The first-order valence-electron chi connectivity index (χ1n) is 8.09. The smallest absolute Gasteiger partial charge is 0.319 e. The number of pyridine rings is 1. The van der Waals surface area contributed by atoms with Crippen LogP contribution in [-0.4, -0.2) is 38.6 Å². The zero-order chi connectivity index (χ0) is 17.7. The average molecular weight is 331 g/mol. The molecule has 2 amide bonds. The number of nitrogens with one attached hydrogen (secondary N) is 2. The van der Waals surface area contributed by atoms with Gasteiger partial charge in [-0.05, 0) is 44.4 Å². The van der Waals surface area contributed by atoms with Crippen LogP contribution in [-0.2, 0) is 0 Å². The number of aliphatic hydroxyl groups is 1. The SMILES string of the molecule is Cc1cc(C)n(-c2ccc(NC(=O)NCCC(O)C(C)C)cn2)n1. The number of aliphatic hydroxyl groups excluding tert-OH is 1. The van der Waals surface area contributed by atoms with Crippen LogP contribution in [0, 0.1) is 19.8 Å².